The van der Waals surface area contributed by atoms with Gasteiger partial charge in [0, 0.05) is 4.88 Å². The van der Waals surface area contributed by atoms with E-state index in [0.29, 0.717) is 28.3 Å². The van der Waals surface area contributed by atoms with E-state index < -0.39 is 6.04 Å². The fourth-order valence-electron chi connectivity index (χ4n) is 4.09. The van der Waals surface area contributed by atoms with Crippen molar-refractivity contribution in [2.75, 3.05) is 11.5 Å². The fourth-order valence-corrected chi connectivity index (χ4v) is 5.93. The van der Waals surface area contributed by atoms with Crippen molar-refractivity contribution in [2.45, 2.75) is 13.0 Å². The van der Waals surface area contributed by atoms with Crippen LogP contribution in [-0.4, -0.2) is 17.5 Å². The summed E-state index contributed by atoms with van der Waals surface area (Å²) in [6.45, 7) is 2.50. The molecule has 4 heterocycles. The number of anilines is 1. The maximum absolute atomic E-state index is 13.6. The van der Waals surface area contributed by atoms with Crippen molar-refractivity contribution in [1.29, 1.82) is 0 Å². The van der Waals surface area contributed by atoms with E-state index in [1.165, 1.54) is 22.7 Å². The van der Waals surface area contributed by atoms with Gasteiger partial charge in [-0.15, -0.1) is 11.3 Å². The van der Waals surface area contributed by atoms with Crippen molar-refractivity contribution < 1.29 is 13.9 Å². The average Bonchev–Trinajstić information content (AvgIpc) is 3.52. The molecule has 1 aliphatic rings. The highest BCUT2D eigenvalue weighted by Gasteiger charge is 2.45. The molecular formula is C24H16N2O4S2. The summed E-state index contributed by atoms with van der Waals surface area (Å²) in [5.74, 6) is 0.482. The quantitative estimate of drug-likeness (QED) is 0.348. The van der Waals surface area contributed by atoms with Gasteiger partial charge in [-0.25, -0.2) is 4.98 Å². The van der Waals surface area contributed by atoms with Crippen molar-refractivity contribution in [3.8, 4) is 5.75 Å². The van der Waals surface area contributed by atoms with Crippen molar-refractivity contribution >= 4 is 54.9 Å². The zero-order chi connectivity index (χ0) is 21.8. The summed E-state index contributed by atoms with van der Waals surface area (Å²) in [7, 11) is 0. The molecule has 158 valence electrons. The summed E-state index contributed by atoms with van der Waals surface area (Å²) in [5, 5.41) is 2.92. The first-order valence-corrected chi connectivity index (χ1v) is 11.8. The van der Waals surface area contributed by atoms with Crippen LogP contribution >= 0.6 is 22.7 Å². The minimum Gasteiger partial charge on any atom is -0.494 e. The molecule has 0 saturated carbocycles. The number of amides is 1. The van der Waals surface area contributed by atoms with E-state index >= 15 is 0 Å². The number of ether oxygens (including phenoxy) is 1. The Bertz CT molecular complexity index is 1550. The molecule has 1 atom stereocenters. The van der Waals surface area contributed by atoms with Crippen LogP contribution in [0.5, 0.6) is 5.75 Å². The topological polar surface area (TPSA) is 72.6 Å². The van der Waals surface area contributed by atoms with Crippen LogP contribution in [0.1, 0.15) is 34.0 Å². The largest absolute Gasteiger partial charge is 0.494 e. The van der Waals surface area contributed by atoms with Crippen LogP contribution < -0.4 is 15.1 Å². The van der Waals surface area contributed by atoms with Crippen molar-refractivity contribution in [1.82, 2.24) is 4.98 Å². The molecular weight excluding hydrogens is 444 g/mol. The molecule has 0 unspecified atom stereocenters. The number of carbonyl (C=O) groups is 1. The second-order valence-electron chi connectivity index (χ2n) is 7.32. The molecule has 0 radical (unpaired) electrons. The smallest absolute Gasteiger partial charge is 0.297 e. The highest BCUT2D eigenvalue weighted by atomic mass is 32.1. The number of fused-ring (bicyclic) bond motifs is 3. The Hall–Kier alpha value is -3.49. The maximum atomic E-state index is 13.6. The maximum Gasteiger partial charge on any atom is 0.297 e. The SMILES string of the molecule is CCOc1ccc2nc(N3C(=O)c4oc5ccccc5c(=O)c4[C@@H]3c3cccs3)sc2c1. The predicted molar refractivity (Wildman–Crippen MR) is 126 cm³/mol. The molecule has 0 N–H and O–H groups in total. The first kappa shape index (κ1) is 19.2. The molecule has 1 aliphatic heterocycles. The summed E-state index contributed by atoms with van der Waals surface area (Å²) in [6.07, 6.45) is 0. The van der Waals surface area contributed by atoms with E-state index in [1.54, 1.807) is 29.2 Å². The first-order chi connectivity index (χ1) is 15.7. The van der Waals surface area contributed by atoms with Gasteiger partial charge in [0.05, 0.1) is 27.8 Å². The van der Waals surface area contributed by atoms with E-state index in [0.717, 1.165) is 20.8 Å². The summed E-state index contributed by atoms with van der Waals surface area (Å²) in [5.41, 5.74) is 1.36. The molecule has 0 aliphatic carbocycles. The molecule has 0 bridgehead atoms. The molecule has 1 amide bonds. The number of thiazole rings is 1. The third-order valence-corrected chi connectivity index (χ3v) is 7.40. The zero-order valence-electron chi connectivity index (χ0n) is 16.9. The van der Waals surface area contributed by atoms with E-state index in [4.69, 9.17) is 14.1 Å². The normalized spacial score (nSPS) is 15.6. The molecule has 6 rings (SSSR count). The molecule has 2 aromatic carbocycles. The number of hydrogen-bond acceptors (Lipinski definition) is 7. The van der Waals surface area contributed by atoms with Gasteiger partial charge in [-0.05, 0) is 48.7 Å². The monoisotopic (exact) mass is 460 g/mol. The number of benzene rings is 2. The predicted octanol–water partition coefficient (Wildman–Crippen LogP) is 5.61. The Labute approximate surface area is 190 Å². The Morgan fingerprint density at radius 3 is 2.81 bits per heavy atom. The summed E-state index contributed by atoms with van der Waals surface area (Å²) in [6, 6.07) is 16.0. The second-order valence-corrected chi connectivity index (χ2v) is 9.31. The third-order valence-electron chi connectivity index (χ3n) is 5.46. The molecule has 5 aromatic rings. The summed E-state index contributed by atoms with van der Waals surface area (Å²) in [4.78, 5) is 34.2. The zero-order valence-corrected chi connectivity index (χ0v) is 18.5. The van der Waals surface area contributed by atoms with Crippen LogP contribution in [0.3, 0.4) is 0 Å². The second kappa shape index (κ2) is 7.29. The first-order valence-electron chi connectivity index (χ1n) is 10.1. The molecule has 0 spiro atoms. The number of carbonyl (C=O) groups excluding carboxylic acids is 1. The lowest BCUT2D eigenvalue weighted by Gasteiger charge is -2.20. The molecule has 3 aromatic heterocycles. The lowest BCUT2D eigenvalue weighted by atomic mass is 10.0. The molecule has 0 saturated heterocycles. The van der Waals surface area contributed by atoms with Crippen LogP contribution in [0.15, 0.2) is 69.2 Å². The highest BCUT2D eigenvalue weighted by Crippen LogP contribution is 2.45. The van der Waals surface area contributed by atoms with Crippen LogP contribution in [0.2, 0.25) is 0 Å². The summed E-state index contributed by atoms with van der Waals surface area (Å²) < 4.78 is 12.5. The van der Waals surface area contributed by atoms with Crippen molar-refractivity contribution in [3.05, 3.63) is 86.4 Å². The van der Waals surface area contributed by atoms with Gasteiger partial charge in [0.2, 0.25) is 5.76 Å². The van der Waals surface area contributed by atoms with Crippen LogP contribution in [0.25, 0.3) is 21.2 Å². The van der Waals surface area contributed by atoms with Gasteiger partial charge in [-0.2, -0.15) is 0 Å². The highest BCUT2D eigenvalue weighted by molar-refractivity contribution is 7.22. The minimum atomic E-state index is -0.578. The molecule has 6 nitrogen and oxygen atoms in total. The van der Waals surface area contributed by atoms with Gasteiger partial charge >= 0.3 is 0 Å². The summed E-state index contributed by atoms with van der Waals surface area (Å²) >= 11 is 2.89. The number of thiophene rings is 1. The van der Waals surface area contributed by atoms with Crippen LogP contribution in [0, 0.1) is 0 Å². The number of nitrogens with zero attached hydrogens (tertiary/aromatic N) is 2. The van der Waals surface area contributed by atoms with E-state index in [-0.39, 0.29) is 17.1 Å². The van der Waals surface area contributed by atoms with Gasteiger partial charge < -0.3 is 9.15 Å². The average molecular weight is 461 g/mol. The Kier molecular flexibility index (Phi) is 4.38. The van der Waals surface area contributed by atoms with E-state index in [1.807, 2.05) is 42.6 Å². The van der Waals surface area contributed by atoms with Gasteiger partial charge in [-0.1, -0.05) is 29.5 Å². The van der Waals surface area contributed by atoms with Crippen molar-refractivity contribution in [2.24, 2.45) is 0 Å². The molecule has 0 fully saturated rings. The number of aromatic nitrogens is 1. The van der Waals surface area contributed by atoms with Gasteiger partial charge in [0.15, 0.2) is 10.6 Å². The van der Waals surface area contributed by atoms with Gasteiger partial charge in [0.25, 0.3) is 5.91 Å². The lowest BCUT2D eigenvalue weighted by molar-refractivity contribution is 0.0971. The van der Waals surface area contributed by atoms with Gasteiger partial charge in [0.1, 0.15) is 17.4 Å². The minimum absolute atomic E-state index is 0.0846. The Balaban J connectivity index is 1.58. The molecule has 8 heteroatoms. The molecule has 32 heavy (non-hydrogen) atoms. The Morgan fingerprint density at radius 1 is 1.12 bits per heavy atom. The van der Waals surface area contributed by atoms with Gasteiger partial charge in [-0.3, -0.25) is 14.5 Å². The lowest BCUT2D eigenvalue weighted by Crippen LogP contribution is -2.28. The fraction of sp³-hybridized carbons (Fsp3) is 0.125. The van der Waals surface area contributed by atoms with E-state index in [9.17, 15) is 9.59 Å². The van der Waals surface area contributed by atoms with E-state index in [2.05, 4.69) is 0 Å². The van der Waals surface area contributed by atoms with Crippen LogP contribution in [-0.2, 0) is 0 Å². The number of rotatable bonds is 4. The number of hydrogen-bond donors (Lipinski definition) is 0. The van der Waals surface area contributed by atoms with Crippen molar-refractivity contribution in [3.63, 3.8) is 0 Å². The standard InChI is InChI=1S/C24H16N2O4S2/c1-2-29-13-9-10-15-18(12-13)32-24(25-15)26-20(17-8-5-11-31-17)19-21(27)14-6-3-4-7-16(14)30-22(19)23(26)28/h3-12,20H,2H2,1H3/t20-/m0/s1. The van der Waals surface area contributed by atoms with Crippen LogP contribution in [0.4, 0.5) is 5.13 Å². The third kappa shape index (κ3) is 2.80. The number of para-hydroxylation sites is 1. The Morgan fingerprint density at radius 2 is 2.00 bits per heavy atom.